The molecule has 0 fully saturated rings. The third kappa shape index (κ3) is 2.53. The molecule has 0 saturated heterocycles. The average Bonchev–Trinajstić information content (AvgIpc) is 2.43. The van der Waals surface area contributed by atoms with Crippen molar-refractivity contribution in [2.45, 2.75) is 13.8 Å². The summed E-state index contributed by atoms with van der Waals surface area (Å²) in [7, 11) is 0. The highest BCUT2D eigenvalue weighted by Gasteiger charge is 2.11. The van der Waals surface area contributed by atoms with Gasteiger partial charge in [-0.2, -0.15) is 10.5 Å². The minimum atomic E-state index is 0.279. The molecule has 19 heavy (non-hydrogen) atoms. The zero-order valence-electron chi connectivity index (χ0n) is 10.6. The number of aryl methyl sites for hydroxylation is 2. The SMILES string of the molecule is Cc1cc(C#N)cc(C)c1Oc1ncccc1C#N. The second-order valence-electron chi connectivity index (χ2n) is 4.12. The molecule has 0 N–H and O–H groups in total. The number of hydrogen-bond acceptors (Lipinski definition) is 4. The van der Waals surface area contributed by atoms with Crippen LogP contribution in [0.3, 0.4) is 0 Å². The smallest absolute Gasteiger partial charge is 0.237 e. The van der Waals surface area contributed by atoms with Crippen molar-refractivity contribution in [3.63, 3.8) is 0 Å². The van der Waals surface area contributed by atoms with Gasteiger partial charge in [-0.25, -0.2) is 4.98 Å². The molecule has 0 aliphatic carbocycles. The second kappa shape index (κ2) is 5.20. The van der Waals surface area contributed by atoms with Crippen molar-refractivity contribution in [1.29, 1.82) is 10.5 Å². The van der Waals surface area contributed by atoms with Crippen LogP contribution in [0.25, 0.3) is 0 Å². The van der Waals surface area contributed by atoms with Crippen LogP contribution in [0, 0.1) is 36.5 Å². The van der Waals surface area contributed by atoms with E-state index in [0.29, 0.717) is 16.9 Å². The van der Waals surface area contributed by atoms with Crippen molar-refractivity contribution < 1.29 is 4.74 Å². The number of rotatable bonds is 2. The monoisotopic (exact) mass is 249 g/mol. The fourth-order valence-electron chi connectivity index (χ4n) is 1.83. The minimum Gasteiger partial charge on any atom is -0.437 e. The molecule has 0 aliphatic rings. The molecule has 0 saturated carbocycles. The first-order valence-corrected chi connectivity index (χ1v) is 5.70. The van der Waals surface area contributed by atoms with E-state index >= 15 is 0 Å². The Morgan fingerprint density at radius 2 is 1.79 bits per heavy atom. The number of aromatic nitrogens is 1. The van der Waals surface area contributed by atoms with Gasteiger partial charge >= 0.3 is 0 Å². The summed E-state index contributed by atoms with van der Waals surface area (Å²) in [5.74, 6) is 0.912. The summed E-state index contributed by atoms with van der Waals surface area (Å²) >= 11 is 0. The number of nitriles is 2. The van der Waals surface area contributed by atoms with E-state index < -0.39 is 0 Å². The maximum Gasteiger partial charge on any atom is 0.237 e. The van der Waals surface area contributed by atoms with E-state index in [2.05, 4.69) is 11.1 Å². The van der Waals surface area contributed by atoms with Crippen LogP contribution in [0.15, 0.2) is 30.5 Å². The molecule has 0 aliphatic heterocycles. The molecule has 0 spiro atoms. The van der Waals surface area contributed by atoms with Gasteiger partial charge in [-0.1, -0.05) is 0 Å². The summed E-state index contributed by atoms with van der Waals surface area (Å²) in [6, 6.07) is 11.0. The zero-order chi connectivity index (χ0) is 13.8. The lowest BCUT2D eigenvalue weighted by Gasteiger charge is -2.12. The van der Waals surface area contributed by atoms with Gasteiger partial charge in [-0.05, 0) is 49.2 Å². The number of pyridine rings is 1. The lowest BCUT2D eigenvalue weighted by atomic mass is 10.1. The van der Waals surface area contributed by atoms with Crippen LogP contribution in [0.5, 0.6) is 11.6 Å². The third-order valence-electron chi connectivity index (χ3n) is 2.68. The Bertz CT molecular complexity index is 685. The van der Waals surface area contributed by atoms with E-state index in [1.54, 1.807) is 30.5 Å². The molecule has 4 nitrogen and oxygen atoms in total. The molecule has 0 radical (unpaired) electrons. The van der Waals surface area contributed by atoms with Crippen LogP contribution < -0.4 is 4.74 Å². The summed E-state index contributed by atoms with van der Waals surface area (Å²) in [6.07, 6.45) is 1.57. The van der Waals surface area contributed by atoms with Crippen LogP contribution in [-0.4, -0.2) is 4.98 Å². The van der Waals surface area contributed by atoms with Crippen molar-refractivity contribution in [2.75, 3.05) is 0 Å². The summed E-state index contributed by atoms with van der Waals surface area (Å²) < 4.78 is 5.72. The molecule has 1 aromatic heterocycles. The topological polar surface area (TPSA) is 69.7 Å². The first-order valence-electron chi connectivity index (χ1n) is 5.70. The van der Waals surface area contributed by atoms with Gasteiger partial charge in [0.15, 0.2) is 0 Å². The summed E-state index contributed by atoms with van der Waals surface area (Å²) in [5.41, 5.74) is 2.65. The Hall–Kier alpha value is -2.85. The largest absolute Gasteiger partial charge is 0.437 e. The van der Waals surface area contributed by atoms with E-state index in [1.807, 2.05) is 19.9 Å². The van der Waals surface area contributed by atoms with Crippen LogP contribution >= 0.6 is 0 Å². The van der Waals surface area contributed by atoms with E-state index in [4.69, 9.17) is 15.3 Å². The highest BCUT2D eigenvalue weighted by atomic mass is 16.5. The van der Waals surface area contributed by atoms with Gasteiger partial charge in [0.05, 0.1) is 11.6 Å². The van der Waals surface area contributed by atoms with Crippen LogP contribution in [-0.2, 0) is 0 Å². The molecule has 0 unspecified atom stereocenters. The maximum absolute atomic E-state index is 9.00. The number of nitrogens with zero attached hydrogens (tertiary/aromatic N) is 3. The van der Waals surface area contributed by atoms with Gasteiger partial charge in [0, 0.05) is 6.20 Å². The standard InChI is InChI=1S/C15H11N3O/c1-10-6-12(8-16)7-11(2)14(10)19-15-13(9-17)4-3-5-18-15/h3-7H,1-2H3. The zero-order valence-corrected chi connectivity index (χ0v) is 10.6. The lowest BCUT2D eigenvalue weighted by molar-refractivity contribution is 0.454. The quantitative estimate of drug-likeness (QED) is 0.819. The highest BCUT2D eigenvalue weighted by molar-refractivity contribution is 5.49. The minimum absolute atomic E-state index is 0.279. The fraction of sp³-hybridized carbons (Fsp3) is 0.133. The van der Waals surface area contributed by atoms with Crippen molar-refractivity contribution >= 4 is 0 Å². The molecule has 92 valence electrons. The Morgan fingerprint density at radius 1 is 1.11 bits per heavy atom. The molecular formula is C15H11N3O. The third-order valence-corrected chi connectivity index (χ3v) is 2.68. The van der Waals surface area contributed by atoms with Crippen molar-refractivity contribution in [1.82, 2.24) is 4.98 Å². The van der Waals surface area contributed by atoms with Gasteiger partial charge < -0.3 is 4.74 Å². The van der Waals surface area contributed by atoms with Crippen LogP contribution in [0.4, 0.5) is 0 Å². The molecule has 0 atom stereocenters. The number of benzene rings is 1. The van der Waals surface area contributed by atoms with Gasteiger partial charge in [-0.3, -0.25) is 0 Å². The summed E-state index contributed by atoms with van der Waals surface area (Å²) in [6.45, 7) is 3.72. The fourth-order valence-corrected chi connectivity index (χ4v) is 1.83. The Kier molecular flexibility index (Phi) is 3.45. The van der Waals surface area contributed by atoms with Crippen molar-refractivity contribution in [3.8, 4) is 23.8 Å². The van der Waals surface area contributed by atoms with E-state index in [9.17, 15) is 0 Å². The molecule has 2 aromatic rings. The van der Waals surface area contributed by atoms with Gasteiger partial charge in [-0.15, -0.1) is 0 Å². The molecule has 0 bridgehead atoms. The summed E-state index contributed by atoms with van der Waals surface area (Å²) in [5, 5.41) is 17.9. The van der Waals surface area contributed by atoms with Gasteiger partial charge in [0.1, 0.15) is 17.4 Å². The first-order chi connectivity index (χ1) is 9.15. The van der Waals surface area contributed by atoms with E-state index in [1.165, 1.54) is 0 Å². The first kappa shape index (κ1) is 12.6. The molecule has 1 heterocycles. The van der Waals surface area contributed by atoms with E-state index in [-0.39, 0.29) is 5.88 Å². The Morgan fingerprint density at radius 3 is 2.37 bits per heavy atom. The number of hydrogen-bond donors (Lipinski definition) is 0. The maximum atomic E-state index is 9.00. The molecular weight excluding hydrogens is 238 g/mol. The second-order valence-corrected chi connectivity index (χ2v) is 4.12. The lowest BCUT2D eigenvalue weighted by Crippen LogP contribution is -1.96. The Balaban J connectivity index is 2.45. The van der Waals surface area contributed by atoms with Crippen LogP contribution in [0.1, 0.15) is 22.3 Å². The molecule has 4 heteroatoms. The predicted octanol–water partition coefficient (Wildman–Crippen LogP) is 3.23. The summed E-state index contributed by atoms with van der Waals surface area (Å²) in [4.78, 5) is 4.06. The van der Waals surface area contributed by atoms with E-state index in [0.717, 1.165) is 11.1 Å². The van der Waals surface area contributed by atoms with Crippen molar-refractivity contribution in [2.24, 2.45) is 0 Å². The van der Waals surface area contributed by atoms with Gasteiger partial charge in [0.25, 0.3) is 0 Å². The van der Waals surface area contributed by atoms with Crippen molar-refractivity contribution in [3.05, 3.63) is 52.7 Å². The predicted molar refractivity (Wildman–Crippen MR) is 69.7 cm³/mol. The Labute approximate surface area is 111 Å². The molecule has 2 rings (SSSR count). The highest BCUT2D eigenvalue weighted by Crippen LogP contribution is 2.30. The normalized spacial score (nSPS) is 9.47. The molecule has 1 aromatic carbocycles. The van der Waals surface area contributed by atoms with Crippen LogP contribution in [0.2, 0.25) is 0 Å². The number of ether oxygens (including phenoxy) is 1. The average molecular weight is 249 g/mol. The molecule has 0 amide bonds. The van der Waals surface area contributed by atoms with Gasteiger partial charge in [0.2, 0.25) is 5.88 Å².